The highest BCUT2D eigenvalue weighted by atomic mass is 79.9. The third-order valence-corrected chi connectivity index (χ3v) is 3.21. The molecule has 1 atom stereocenters. The highest BCUT2D eigenvalue weighted by Crippen LogP contribution is 2.24. The zero-order valence-corrected chi connectivity index (χ0v) is 12.7. The lowest BCUT2D eigenvalue weighted by molar-refractivity contribution is 0.282. The first kappa shape index (κ1) is 14.9. The minimum Gasteiger partial charge on any atom is -0.484 e. The first-order valence-electron chi connectivity index (χ1n) is 6.32. The van der Waals surface area contributed by atoms with Crippen molar-refractivity contribution in [3.05, 3.63) is 58.1 Å². The highest BCUT2D eigenvalue weighted by molar-refractivity contribution is 9.10. The lowest BCUT2D eigenvalue weighted by Crippen LogP contribution is -2.18. The second kappa shape index (κ2) is 6.81. The Morgan fingerprint density at radius 2 is 2.15 bits per heavy atom. The maximum Gasteiger partial charge on any atom is 0.165 e. The maximum atomic E-state index is 13.9. The van der Waals surface area contributed by atoms with Crippen LogP contribution < -0.4 is 10.5 Å². The Kier molecular flexibility index (Phi) is 5.09. The Bertz CT molecular complexity index is 573. The number of halogens is 2. The van der Waals surface area contributed by atoms with Gasteiger partial charge in [-0.3, -0.25) is 4.98 Å². The van der Waals surface area contributed by atoms with E-state index in [9.17, 15) is 4.39 Å². The molecule has 0 spiro atoms. The molecular weight excluding hydrogens is 323 g/mol. The van der Waals surface area contributed by atoms with E-state index in [1.807, 2.05) is 25.1 Å². The summed E-state index contributed by atoms with van der Waals surface area (Å²) in [5.41, 5.74) is 7.29. The van der Waals surface area contributed by atoms with Crippen molar-refractivity contribution in [2.45, 2.75) is 26.0 Å². The van der Waals surface area contributed by atoms with Crippen molar-refractivity contribution in [3.63, 3.8) is 0 Å². The van der Waals surface area contributed by atoms with Crippen molar-refractivity contribution in [1.29, 1.82) is 0 Å². The van der Waals surface area contributed by atoms with E-state index in [1.54, 1.807) is 12.3 Å². The van der Waals surface area contributed by atoms with E-state index >= 15 is 0 Å². The number of aromatic nitrogens is 1. The molecule has 0 fully saturated rings. The van der Waals surface area contributed by atoms with E-state index in [0.29, 0.717) is 6.42 Å². The van der Waals surface area contributed by atoms with E-state index in [0.717, 1.165) is 15.7 Å². The van der Waals surface area contributed by atoms with Gasteiger partial charge in [-0.2, -0.15) is 0 Å². The Labute approximate surface area is 126 Å². The SMILES string of the molecule is CC(N)Cc1cccc(F)c1OCc1ccc(Br)cn1. The monoisotopic (exact) mass is 338 g/mol. The maximum absolute atomic E-state index is 13.9. The van der Waals surface area contributed by atoms with Crippen LogP contribution in [0.3, 0.4) is 0 Å². The van der Waals surface area contributed by atoms with Crippen molar-refractivity contribution >= 4 is 15.9 Å². The van der Waals surface area contributed by atoms with Crippen LogP contribution in [0.4, 0.5) is 4.39 Å². The van der Waals surface area contributed by atoms with Crippen LogP contribution in [-0.2, 0) is 13.0 Å². The fourth-order valence-electron chi connectivity index (χ4n) is 1.86. The second-order valence-electron chi connectivity index (χ2n) is 4.67. The predicted molar refractivity (Wildman–Crippen MR) is 80.0 cm³/mol. The van der Waals surface area contributed by atoms with Crippen LogP contribution in [0.25, 0.3) is 0 Å². The van der Waals surface area contributed by atoms with Gasteiger partial charge in [0, 0.05) is 16.7 Å². The summed E-state index contributed by atoms with van der Waals surface area (Å²) in [5, 5.41) is 0. The normalized spacial score (nSPS) is 12.2. The zero-order chi connectivity index (χ0) is 14.5. The number of pyridine rings is 1. The quantitative estimate of drug-likeness (QED) is 0.908. The molecule has 2 rings (SSSR count). The smallest absolute Gasteiger partial charge is 0.165 e. The minimum absolute atomic E-state index is 0.0510. The molecule has 0 radical (unpaired) electrons. The zero-order valence-electron chi connectivity index (χ0n) is 11.1. The fourth-order valence-corrected chi connectivity index (χ4v) is 2.10. The second-order valence-corrected chi connectivity index (χ2v) is 5.58. The third kappa shape index (κ3) is 4.02. The predicted octanol–water partition coefficient (Wildman–Crippen LogP) is 3.45. The Balaban J connectivity index is 2.13. The molecule has 1 aromatic carbocycles. The van der Waals surface area contributed by atoms with Gasteiger partial charge in [0.2, 0.25) is 0 Å². The molecule has 5 heteroatoms. The molecular formula is C15H16BrFN2O. The van der Waals surface area contributed by atoms with Gasteiger partial charge in [0.25, 0.3) is 0 Å². The van der Waals surface area contributed by atoms with E-state index in [1.165, 1.54) is 6.07 Å². The molecule has 0 saturated carbocycles. The molecule has 0 bridgehead atoms. The summed E-state index contributed by atoms with van der Waals surface area (Å²) in [6, 6.07) is 8.53. The number of nitrogens with zero attached hydrogens (tertiary/aromatic N) is 1. The molecule has 0 amide bonds. The number of para-hydroxylation sites is 1. The van der Waals surface area contributed by atoms with Gasteiger partial charge in [0.05, 0.1) is 5.69 Å². The molecule has 20 heavy (non-hydrogen) atoms. The fraction of sp³-hybridized carbons (Fsp3) is 0.267. The van der Waals surface area contributed by atoms with E-state index < -0.39 is 0 Å². The van der Waals surface area contributed by atoms with Crippen LogP contribution in [0.5, 0.6) is 5.75 Å². The lowest BCUT2D eigenvalue weighted by Gasteiger charge is -2.13. The number of benzene rings is 1. The molecule has 3 nitrogen and oxygen atoms in total. The molecule has 0 aliphatic rings. The average molecular weight is 339 g/mol. The number of ether oxygens (including phenoxy) is 1. The summed E-state index contributed by atoms with van der Waals surface area (Å²) in [6.07, 6.45) is 2.25. The summed E-state index contributed by atoms with van der Waals surface area (Å²) in [6.45, 7) is 2.10. The van der Waals surface area contributed by atoms with Gasteiger partial charge in [-0.05, 0) is 53.0 Å². The average Bonchev–Trinajstić information content (AvgIpc) is 2.39. The standard InChI is InChI=1S/C15H16BrFN2O/c1-10(18)7-11-3-2-4-14(17)15(11)20-9-13-6-5-12(16)8-19-13/h2-6,8,10H,7,9,18H2,1H3. The van der Waals surface area contributed by atoms with Crippen LogP contribution in [0, 0.1) is 5.82 Å². The van der Waals surface area contributed by atoms with Crippen molar-refractivity contribution in [2.24, 2.45) is 5.73 Å². The van der Waals surface area contributed by atoms with E-state index in [4.69, 9.17) is 10.5 Å². The van der Waals surface area contributed by atoms with E-state index in [2.05, 4.69) is 20.9 Å². The first-order valence-corrected chi connectivity index (χ1v) is 7.11. The summed E-state index contributed by atoms with van der Waals surface area (Å²) in [4.78, 5) is 4.19. The van der Waals surface area contributed by atoms with Crippen molar-refractivity contribution in [3.8, 4) is 5.75 Å². The molecule has 2 aromatic rings. The van der Waals surface area contributed by atoms with Crippen molar-refractivity contribution in [2.75, 3.05) is 0 Å². The molecule has 0 aliphatic carbocycles. The van der Waals surface area contributed by atoms with Crippen LogP contribution >= 0.6 is 15.9 Å². The van der Waals surface area contributed by atoms with Crippen LogP contribution in [0.2, 0.25) is 0 Å². The number of hydrogen-bond acceptors (Lipinski definition) is 3. The summed E-state index contributed by atoms with van der Waals surface area (Å²) < 4.78 is 20.4. The molecule has 2 N–H and O–H groups in total. The summed E-state index contributed by atoms with van der Waals surface area (Å²) in [5.74, 6) is -0.116. The number of hydrogen-bond donors (Lipinski definition) is 1. The van der Waals surface area contributed by atoms with Gasteiger partial charge in [0.1, 0.15) is 6.61 Å². The first-order chi connectivity index (χ1) is 9.56. The molecule has 106 valence electrons. The van der Waals surface area contributed by atoms with Gasteiger partial charge < -0.3 is 10.5 Å². The van der Waals surface area contributed by atoms with Crippen LogP contribution in [0.15, 0.2) is 41.0 Å². The Hall–Kier alpha value is -1.46. The third-order valence-electron chi connectivity index (χ3n) is 2.74. The lowest BCUT2D eigenvalue weighted by atomic mass is 10.1. The van der Waals surface area contributed by atoms with Crippen LogP contribution in [-0.4, -0.2) is 11.0 Å². The molecule has 0 saturated heterocycles. The molecule has 1 heterocycles. The summed E-state index contributed by atoms with van der Waals surface area (Å²) in [7, 11) is 0. The highest BCUT2D eigenvalue weighted by Gasteiger charge is 2.11. The number of nitrogens with two attached hydrogens (primary N) is 1. The van der Waals surface area contributed by atoms with Crippen LogP contribution in [0.1, 0.15) is 18.2 Å². The van der Waals surface area contributed by atoms with Gasteiger partial charge in [-0.15, -0.1) is 0 Å². The summed E-state index contributed by atoms with van der Waals surface area (Å²) >= 11 is 3.31. The molecule has 1 aromatic heterocycles. The molecule has 0 aliphatic heterocycles. The van der Waals surface area contributed by atoms with Crippen molar-refractivity contribution < 1.29 is 9.13 Å². The van der Waals surface area contributed by atoms with Crippen molar-refractivity contribution in [1.82, 2.24) is 4.98 Å². The largest absolute Gasteiger partial charge is 0.484 e. The van der Waals surface area contributed by atoms with Gasteiger partial charge in [-0.1, -0.05) is 12.1 Å². The molecule has 1 unspecified atom stereocenters. The van der Waals surface area contributed by atoms with Gasteiger partial charge in [0.15, 0.2) is 11.6 Å². The Morgan fingerprint density at radius 1 is 1.35 bits per heavy atom. The number of rotatable bonds is 5. The van der Waals surface area contributed by atoms with Gasteiger partial charge in [-0.25, -0.2) is 4.39 Å². The minimum atomic E-state index is -0.375. The van der Waals surface area contributed by atoms with E-state index in [-0.39, 0.29) is 24.2 Å². The van der Waals surface area contributed by atoms with Gasteiger partial charge >= 0.3 is 0 Å². The Morgan fingerprint density at radius 3 is 2.80 bits per heavy atom. The topological polar surface area (TPSA) is 48.1 Å².